The van der Waals surface area contributed by atoms with Crippen molar-refractivity contribution in [2.75, 3.05) is 5.75 Å². The lowest BCUT2D eigenvalue weighted by Gasteiger charge is -2.18. The number of aromatic nitrogens is 2. The second-order valence-electron chi connectivity index (χ2n) is 6.88. The number of carbonyl (C=O) groups excluding carboxylic acids is 2. The summed E-state index contributed by atoms with van der Waals surface area (Å²) in [6.45, 7) is 4.15. The first-order valence-corrected chi connectivity index (χ1v) is 10.9. The van der Waals surface area contributed by atoms with Crippen molar-refractivity contribution in [1.29, 1.82) is 0 Å². The van der Waals surface area contributed by atoms with E-state index in [0.29, 0.717) is 11.7 Å². The lowest BCUT2D eigenvalue weighted by atomic mass is 9.89. The maximum absolute atomic E-state index is 12.2. The molecule has 0 saturated heterocycles. The summed E-state index contributed by atoms with van der Waals surface area (Å²) in [5, 5.41) is 1.93. The molecule has 2 amide bonds. The number of thioether (sulfide) groups is 1. The van der Waals surface area contributed by atoms with E-state index in [0.717, 1.165) is 34.5 Å². The van der Waals surface area contributed by atoms with Gasteiger partial charge in [-0.2, -0.15) is 0 Å². The third-order valence-electron chi connectivity index (χ3n) is 4.63. The number of carbonyl (C=O) groups is 2. The Morgan fingerprint density at radius 3 is 3.00 bits per heavy atom. The van der Waals surface area contributed by atoms with Crippen molar-refractivity contribution in [3.05, 3.63) is 40.4 Å². The van der Waals surface area contributed by atoms with Crippen molar-refractivity contribution >= 4 is 45.1 Å². The lowest BCUT2D eigenvalue weighted by molar-refractivity contribution is -0.119. The van der Waals surface area contributed by atoms with Gasteiger partial charge < -0.3 is 4.42 Å². The SMILES string of the molecule is Cc1nc(SCC(=O)NNC(=O)c2ccco2)c2c3c(sc2n1)C[C@@H](C)CC3. The van der Waals surface area contributed by atoms with Crippen LogP contribution in [0.1, 0.15) is 40.2 Å². The first-order valence-electron chi connectivity index (χ1n) is 9.05. The first kappa shape index (κ1) is 18.9. The highest BCUT2D eigenvalue weighted by Crippen LogP contribution is 2.40. The number of furan rings is 1. The Balaban J connectivity index is 1.45. The monoisotopic (exact) mass is 416 g/mol. The van der Waals surface area contributed by atoms with E-state index in [1.807, 2.05) is 6.92 Å². The van der Waals surface area contributed by atoms with Crippen LogP contribution in [0.25, 0.3) is 10.2 Å². The molecule has 3 aromatic heterocycles. The van der Waals surface area contributed by atoms with Gasteiger partial charge in [-0.25, -0.2) is 9.97 Å². The maximum atomic E-state index is 12.2. The molecule has 0 saturated carbocycles. The van der Waals surface area contributed by atoms with Gasteiger partial charge in [0.1, 0.15) is 15.7 Å². The topological polar surface area (TPSA) is 97.1 Å². The summed E-state index contributed by atoms with van der Waals surface area (Å²) in [6, 6.07) is 3.13. The highest BCUT2D eigenvalue weighted by atomic mass is 32.2. The molecule has 9 heteroatoms. The first-order chi connectivity index (χ1) is 13.5. The molecule has 1 atom stereocenters. The van der Waals surface area contributed by atoms with Crippen molar-refractivity contribution in [3.8, 4) is 0 Å². The second kappa shape index (κ2) is 7.92. The van der Waals surface area contributed by atoms with Crippen molar-refractivity contribution in [1.82, 2.24) is 20.8 Å². The number of aryl methyl sites for hydroxylation is 2. The molecule has 0 bridgehead atoms. The molecule has 1 aliphatic carbocycles. The van der Waals surface area contributed by atoms with E-state index < -0.39 is 5.91 Å². The molecule has 3 heterocycles. The Morgan fingerprint density at radius 2 is 2.21 bits per heavy atom. The Kier molecular flexibility index (Phi) is 5.36. The molecule has 4 rings (SSSR count). The Labute approximate surface area is 170 Å². The van der Waals surface area contributed by atoms with E-state index in [-0.39, 0.29) is 17.4 Å². The zero-order chi connectivity index (χ0) is 19.7. The molecular weight excluding hydrogens is 396 g/mol. The summed E-state index contributed by atoms with van der Waals surface area (Å²) >= 11 is 3.11. The minimum absolute atomic E-state index is 0.139. The van der Waals surface area contributed by atoms with E-state index in [4.69, 9.17) is 4.42 Å². The van der Waals surface area contributed by atoms with Gasteiger partial charge in [0.25, 0.3) is 0 Å². The van der Waals surface area contributed by atoms with E-state index in [9.17, 15) is 9.59 Å². The van der Waals surface area contributed by atoms with Crippen molar-refractivity contribution < 1.29 is 14.0 Å². The molecule has 2 N–H and O–H groups in total. The van der Waals surface area contributed by atoms with Crippen LogP contribution in [0, 0.1) is 12.8 Å². The van der Waals surface area contributed by atoms with E-state index >= 15 is 0 Å². The molecule has 146 valence electrons. The van der Waals surface area contributed by atoms with Gasteiger partial charge in [0.2, 0.25) is 5.91 Å². The Bertz CT molecular complexity index is 1030. The highest BCUT2D eigenvalue weighted by molar-refractivity contribution is 8.00. The number of hydrazine groups is 1. The van der Waals surface area contributed by atoms with Crippen molar-refractivity contribution in [2.45, 2.75) is 38.1 Å². The van der Waals surface area contributed by atoms with Crippen LogP contribution in [-0.2, 0) is 17.6 Å². The van der Waals surface area contributed by atoms with Gasteiger partial charge in [-0.1, -0.05) is 18.7 Å². The fourth-order valence-corrected chi connectivity index (χ4v) is 5.67. The number of hydrogen-bond donors (Lipinski definition) is 2. The molecule has 1 aliphatic rings. The Hall–Kier alpha value is -2.39. The lowest BCUT2D eigenvalue weighted by Crippen LogP contribution is -2.42. The van der Waals surface area contributed by atoms with Gasteiger partial charge in [0.05, 0.1) is 12.0 Å². The number of amides is 2. The normalized spacial score (nSPS) is 16.0. The summed E-state index contributed by atoms with van der Waals surface area (Å²) in [6.07, 6.45) is 4.67. The maximum Gasteiger partial charge on any atom is 0.305 e. The van der Waals surface area contributed by atoms with Crippen molar-refractivity contribution in [3.63, 3.8) is 0 Å². The number of thiophene rings is 1. The van der Waals surface area contributed by atoms with E-state index in [1.165, 1.54) is 34.5 Å². The van der Waals surface area contributed by atoms with Crippen LogP contribution >= 0.6 is 23.1 Å². The number of rotatable bonds is 4. The van der Waals surface area contributed by atoms with Crippen LogP contribution in [0.2, 0.25) is 0 Å². The zero-order valence-electron chi connectivity index (χ0n) is 15.6. The van der Waals surface area contributed by atoms with Gasteiger partial charge in [-0.05, 0) is 49.8 Å². The second-order valence-corrected chi connectivity index (χ2v) is 8.92. The molecular formula is C19H20N4O3S2. The van der Waals surface area contributed by atoms with Crippen LogP contribution in [0.4, 0.5) is 0 Å². The minimum Gasteiger partial charge on any atom is -0.459 e. The Morgan fingerprint density at radius 1 is 1.36 bits per heavy atom. The molecule has 0 unspecified atom stereocenters. The largest absolute Gasteiger partial charge is 0.459 e. The van der Waals surface area contributed by atoms with Crippen LogP contribution in [0.15, 0.2) is 27.8 Å². The fraction of sp³-hybridized carbons (Fsp3) is 0.368. The number of fused-ring (bicyclic) bond motifs is 3. The number of hydrogen-bond acceptors (Lipinski definition) is 7. The molecule has 0 spiro atoms. The zero-order valence-corrected chi connectivity index (χ0v) is 17.2. The molecule has 28 heavy (non-hydrogen) atoms. The summed E-state index contributed by atoms with van der Waals surface area (Å²) in [4.78, 5) is 35.6. The average Bonchev–Trinajstić information content (AvgIpc) is 3.31. The van der Waals surface area contributed by atoms with E-state index in [2.05, 4.69) is 27.7 Å². The standard InChI is InChI=1S/C19H20N4O3S2/c1-10-5-6-12-14(8-10)28-19-16(12)18(20-11(2)21-19)27-9-15(24)22-23-17(25)13-4-3-7-26-13/h3-4,7,10H,5-6,8-9H2,1-2H3,(H,22,24)(H,23,25)/t10-/m0/s1. The third-order valence-corrected chi connectivity index (χ3v) is 6.76. The van der Waals surface area contributed by atoms with Crippen LogP contribution in [0.3, 0.4) is 0 Å². The van der Waals surface area contributed by atoms with Crippen molar-refractivity contribution in [2.24, 2.45) is 5.92 Å². The van der Waals surface area contributed by atoms with Crippen LogP contribution < -0.4 is 10.9 Å². The summed E-state index contributed by atoms with van der Waals surface area (Å²) < 4.78 is 4.99. The third kappa shape index (κ3) is 3.90. The summed E-state index contributed by atoms with van der Waals surface area (Å²) in [7, 11) is 0. The summed E-state index contributed by atoms with van der Waals surface area (Å²) in [5.41, 5.74) is 6.09. The quantitative estimate of drug-likeness (QED) is 0.385. The molecule has 0 fully saturated rings. The van der Waals surface area contributed by atoms with Gasteiger partial charge >= 0.3 is 5.91 Å². The molecule has 0 aliphatic heterocycles. The predicted molar refractivity (Wildman–Crippen MR) is 108 cm³/mol. The highest BCUT2D eigenvalue weighted by Gasteiger charge is 2.24. The number of nitrogens with one attached hydrogen (secondary N) is 2. The van der Waals surface area contributed by atoms with Gasteiger partial charge in [-0.15, -0.1) is 11.3 Å². The van der Waals surface area contributed by atoms with Gasteiger partial charge in [-0.3, -0.25) is 20.4 Å². The predicted octanol–water partition coefficient (Wildman–Crippen LogP) is 3.27. The van der Waals surface area contributed by atoms with E-state index in [1.54, 1.807) is 17.4 Å². The van der Waals surface area contributed by atoms with Gasteiger partial charge in [0.15, 0.2) is 5.76 Å². The minimum atomic E-state index is -0.496. The van der Waals surface area contributed by atoms with Crippen LogP contribution in [0.5, 0.6) is 0 Å². The molecule has 0 aromatic carbocycles. The molecule has 3 aromatic rings. The summed E-state index contributed by atoms with van der Waals surface area (Å²) in [5.74, 6) is 0.865. The average molecular weight is 417 g/mol. The fourth-order valence-electron chi connectivity index (χ4n) is 3.28. The molecule has 7 nitrogen and oxygen atoms in total. The molecule has 0 radical (unpaired) electrons. The number of nitrogens with zero attached hydrogens (tertiary/aromatic N) is 2. The smallest absolute Gasteiger partial charge is 0.305 e. The van der Waals surface area contributed by atoms with Gasteiger partial charge in [0, 0.05) is 10.3 Å². The van der Waals surface area contributed by atoms with Crippen LogP contribution in [-0.4, -0.2) is 27.5 Å².